The zero-order valence-corrected chi connectivity index (χ0v) is 21.2. The molecular weight excluding hydrogens is 438 g/mol. The van der Waals surface area contributed by atoms with E-state index in [9.17, 15) is 4.79 Å². The molecule has 1 aliphatic heterocycles. The average Bonchev–Trinajstić information content (AvgIpc) is 3.23. The minimum Gasteiger partial charge on any atom is -0.382 e. The summed E-state index contributed by atoms with van der Waals surface area (Å²) >= 11 is 0. The van der Waals surface area contributed by atoms with Crippen molar-refractivity contribution < 1.29 is 9.53 Å². The summed E-state index contributed by atoms with van der Waals surface area (Å²) in [6.45, 7) is 9.90. The molecule has 3 aromatic rings. The number of hydrogen-bond donors (Lipinski definition) is 1. The number of nitrogens with zero attached hydrogens (tertiary/aromatic N) is 4. The number of hydrogen-bond acceptors (Lipinski definition) is 5. The van der Waals surface area contributed by atoms with Crippen LogP contribution in [-0.4, -0.2) is 57.7 Å². The van der Waals surface area contributed by atoms with Crippen molar-refractivity contribution in [2.24, 2.45) is 5.92 Å². The average molecular weight is 476 g/mol. The lowest BCUT2D eigenvalue weighted by Crippen LogP contribution is -2.45. The van der Waals surface area contributed by atoms with Gasteiger partial charge in [0.25, 0.3) is 0 Å². The molecule has 1 amide bonds. The number of carbonyl (C=O) groups excluding carboxylic acids is 1. The second-order valence-electron chi connectivity index (χ2n) is 10.0. The van der Waals surface area contributed by atoms with Gasteiger partial charge in [0.15, 0.2) is 5.65 Å². The monoisotopic (exact) mass is 475 g/mol. The second-order valence-corrected chi connectivity index (χ2v) is 10.0. The van der Waals surface area contributed by atoms with Gasteiger partial charge in [-0.1, -0.05) is 19.1 Å². The third kappa shape index (κ3) is 5.20. The molecule has 2 fully saturated rings. The first-order valence-corrected chi connectivity index (χ1v) is 13.1. The molecule has 0 radical (unpaired) electrons. The largest absolute Gasteiger partial charge is 0.382 e. The van der Waals surface area contributed by atoms with E-state index in [1.54, 1.807) is 0 Å². The lowest BCUT2D eigenvalue weighted by atomic mass is 9.85. The lowest BCUT2D eigenvalue weighted by molar-refractivity contribution is -0.140. The van der Waals surface area contributed by atoms with E-state index in [0.717, 1.165) is 80.1 Å². The summed E-state index contributed by atoms with van der Waals surface area (Å²) < 4.78 is 7.64. The van der Waals surface area contributed by atoms with Gasteiger partial charge in [0, 0.05) is 42.9 Å². The van der Waals surface area contributed by atoms with Crippen LogP contribution >= 0.6 is 0 Å². The van der Waals surface area contributed by atoms with E-state index in [4.69, 9.17) is 14.7 Å². The van der Waals surface area contributed by atoms with Gasteiger partial charge >= 0.3 is 0 Å². The molecule has 2 aliphatic rings. The Labute approximate surface area is 207 Å². The molecule has 2 aromatic heterocycles. The highest BCUT2D eigenvalue weighted by atomic mass is 16.5. The van der Waals surface area contributed by atoms with Crippen LogP contribution in [0.25, 0.3) is 11.2 Å². The Hall–Kier alpha value is -2.93. The van der Waals surface area contributed by atoms with Gasteiger partial charge in [-0.15, -0.1) is 0 Å². The number of carbonyl (C=O) groups is 1. The smallest absolute Gasteiger partial charge is 0.225 e. The fourth-order valence-corrected chi connectivity index (χ4v) is 5.54. The molecule has 5 rings (SSSR count). The Morgan fingerprint density at radius 3 is 2.46 bits per heavy atom. The fourth-order valence-electron chi connectivity index (χ4n) is 5.54. The first kappa shape index (κ1) is 23.8. The third-order valence-corrected chi connectivity index (χ3v) is 7.48. The van der Waals surface area contributed by atoms with Crippen LogP contribution in [0.3, 0.4) is 0 Å². The van der Waals surface area contributed by atoms with E-state index in [1.807, 2.05) is 11.8 Å². The number of fused-ring (bicyclic) bond motifs is 1. The molecule has 0 bridgehead atoms. The van der Waals surface area contributed by atoms with Crippen molar-refractivity contribution in [3.63, 3.8) is 0 Å². The fraction of sp³-hybridized carbons (Fsp3) is 0.536. The zero-order valence-electron chi connectivity index (χ0n) is 21.2. The summed E-state index contributed by atoms with van der Waals surface area (Å²) in [5, 5.41) is 3.70. The van der Waals surface area contributed by atoms with Gasteiger partial charge in [-0.25, -0.2) is 9.97 Å². The zero-order chi connectivity index (χ0) is 24.4. The van der Waals surface area contributed by atoms with Crippen molar-refractivity contribution in [3.8, 4) is 0 Å². The van der Waals surface area contributed by atoms with E-state index in [0.29, 0.717) is 25.2 Å². The van der Waals surface area contributed by atoms with Crippen LogP contribution in [0, 0.1) is 19.8 Å². The van der Waals surface area contributed by atoms with Gasteiger partial charge in [-0.2, -0.15) is 0 Å². The molecule has 1 saturated heterocycles. The number of nitrogens with one attached hydrogen (secondary N) is 1. The summed E-state index contributed by atoms with van der Waals surface area (Å²) in [6, 6.07) is 11.3. The molecule has 1 aromatic carbocycles. The van der Waals surface area contributed by atoms with E-state index >= 15 is 0 Å². The van der Waals surface area contributed by atoms with Crippen molar-refractivity contribution in [1.82, 2.24) is 19.4 Å². The number of ether oxygens (including phenoxy) is 1. The first-order valence-electron chi connectivity index (χ1n) is 13.1. The molecule has 7 nitrogen and oxygen atoms in total. The molecule has 186 valence electrons. The molecule has 0 spiro atoms. The molecule has 0 atom stereocenters. The van der Waals surface area contributed by atoms with Gasteiger partial charge in [-0.3, -0.25) is 4.79 Å². The molecule has 1 saturated carbocycles. The van der Waals surface area contributed by atoms with E-state index in [2.05, 4.69) is 54.1 Å². The summed E-state index contributed by atoms with van der Waals surface area (Å²) in [5.41, 5.74) is 6.58. The van der Waals surface area contributed by atoms with Gasteiger partial charge in [-0.05, 0) is 68.9 Å². The van der Waals surface area contributed by atoms with Crippen LogP contribution in [0.1, 0.15) is 55.3 Å². The van der Waals surface area contributed by atoms with Gasteiger partial charge in [0.05, 0.1) is 19.8 Å². The quantitative estimate of drug-likeness (QED) is 0.569. The predicted octanol–water partition coefficient (Wildman–Crippen LogP) is 4.49. The SMILES string of the molecule is CCc1nc2c(C)cc(C)nc2n1Cc1ccc(N[C@H]2CC[C@@H](C(=O)N3CCOCC3)CC2)cc1. The number of imidazole rings is 1. The second kappa shape index (κ2) is 10.4. The van der Waals surface area contributed by atoms with Gasteiger partial charge in [0.1, 0.15) is 11.3 Å². The maximum Gasteiger partial charge on any atom is 0.225 e. The van der Waals surface area contributed by atoms with E-state index in [1.165, 1.54) is 11.1 Å². The maximum atomic E-state index is 12.8. The third-order valence-electron chi connectivity index (χ3n) is 7.48. The number of aromatic nitrogens is 3. The van der Waals surface area contributed by atoms with Gasteiger partial charge in [0.2, 0.25) is 5.91 Å². The minimum absolute atomic E-state index is 0.173. The highest BCUT2D eigenvalue weighted by Gasteiger charge is 2.30. The molecule has 0 unspecified atom stereocenters. The molecule has 1 aliphatic carbocycles. The van der Waals surface area contributed by atoms with Crippen molar-refractivity contribution in [3.05, 3.63) is 53.0 Å². The molecule has 3 heterocycles. The highest BCUT2D eigenvalue weighted by molar-refractivity contribution is 5.79. The Morgan fingerprint density at radius 2 is 1.77 bits per heavy atom. The highest BCUT2D eigenvalue weighted by Crippen LogP contribution is 2.29. The van der Waals surface area contributed by atoms with Crippen LogP contribution in [0.15, 0.2) is 30.3 Å². The van der Waals surface area contributed by atoms with Crippen molar-refractivity contribution >= 4 is 22.8 Å². The standard InChI is InChI=1S/C28H37N5O2/c1-4-25-31-26-19(2)17-20(3)29-27(26)33(25)18-21-5-9-23(10-6-21)30-24-11-7-22(8-12-24)28(34)32-13-15-35-16-14-32/h5-6,9-10,17,22,24,30H,4,7-8,11-16,18H2,1-3H3/t22-,24+. The van der Waals surface area contributed by atoms with E-state index in [-0.39, 0.29) is 5.92 Å². The van der Waals surface area contributed by atoms with Crippen molar-refractivity contribution in [2.75, 3.05) is 31.6 Å². The Bertz CT molecular complexity index is 1170. The minimum atomic E-state index is 0.173. The van der Waals surface area contributed by atoms with Crippen LogP contribution in [0.5, 0.6) is 0 Å². The molecule has 7 heteroatoms. The summed E-state index contributed by atoms with van der Waals surface area (Å²) in [6.07, 6.45) is 4.88. The number of anilines is 1. The normalized spacial score (nSPS) is 20.8. The number of morpholine rings is 1. The molecular formula is C28H37N5O2. The number of pyridine rings is 1. The Morgan fingerprint density at radius 1 is 1.06 bits per heavy atom. The predicted molar refractivity (Wildman–Crippen MR) is 139 cm³/mol. The Kier molecular flexibility index (Phi) is 7.04. The topological polar surface area (TPSA) is 72.3 Å². The van der Waals surface area contributed by atoms with Crippen LogP contribution in [0.2, 0.25) is 0 Å². The molecule has 1 N–H and O–H groups in total. The Balaban J connectivity index is 1.19. The van der Waals surface area contributed by atoms with Gasteiger partial charge < -0.3 is 19.5 Å². The number of aryl methyl sites for hydroxylation is 3. The molecule has 35 heavy (non-hydrogen) atoms. The summed E-state index contributed by atoms with van der Waals surface area (Å²) in [4.78, 5) is 24.4. The lowest BCUT2D eigenvalue weighted by Gasteiger charge is -2.34. The number of rotatable bonds is 6. The summed E-state index contributed by atoms with van der Waals surface area (Å²) in [5.74, 6) is 1.58. The maximum absolute atomic E-state index is 12.8. The number of benzene rings is 1. The van der Waals surface area contributed by atoms with Crippen LogP contribution in [0.4, 0.5) is 5.69 Å². The number of amides is 1. The van der Waals surface area contributed by atoms with E-state index < -0.39 is 0 Å². The summed E-state index contributed by atoms with van der Waals surface area (Å²) in [7, 11) is 0. The van der Waals surface area contributed by atoms with Crippen molar-refractivity contribution in [1.29, 1.82) is 0 Å². The van der Waals surface area contributed by atoms with Crippen LogP contribution in [-0.2, 0) is 22.5 Å². The first-order chi connectivity index (χ1) is 17.0. The van der Waals surface area contributed by atoms with Crippen molar-refractivity contribution in [2.45, 2.75) is 65.5 Å². The van der Waals surface area contributed by atoms with Crippen LogP contribution < -0.4 is 5.32 Å².